The maximum atomic E-state index is 14.5. The predicted octanol–water partition coefficient (Wildman–Crippen LogP) is 2.81. The molecule has 0 atom stereocenters. The van der Waals surface area contributed by atoms with Gasteiger partial charge < -0.3 is 20.7 Å². The normalized spacial score (nSPS) is 10.9. The number of nitrogen functional groups attached to an aromatic ring is 1. The predicted molar refractivity (Wildman–Crippen MR) is 102 cm³/mol. The third-order valence-electron chi connectivity index (χ3n) is 4.51. The van der Waals surface area contributed by atoms with Crippen LogP contribution in [-0.4, -0.2) is 27.6 Å². The number of rotatable bonds is 4. The molecular weight excluding hydrogens is 390 g/mol. The first-order valence-electron chi connectivity index (χ1n) is 8.11. The highest BCUT2D eigenvalue weighted by molar-refractivity contribution is 5.98. The van der Waals surface area contributed by atoms with Crippen LogP contribution in [0.5, 0.6) is 0 Å². The molecule has 0 aliphatic heterocycles. The number of anilines is 2. The number of nitro groups is 1. The van der Waals surface area contributed by atoms with Gasteiger partial charge in [-0.05, 0) is 13.0 Å². The van der Waals surface area contributed by atoms with E-state index < -0.39 is 44.9 Å². The molecule has 3 rings (SSSR count). The number of carbonyl (C=O) groups is 1. The summed E-state index contributed by atoms with van der Waals surface area (Å²) < 4.78 is 29.1. The number of pyridine rings is 1. The van der Waals surface area contributed by atoms with Crippen molar-refractivity contribution in [3.05, 3.63) is 67.5 Å². The number of aromatic nitrogens is 1. The fraction of sp³-hybridized carbons (Fsp3) is 0.111. The Labute approximate surface area is 161 Å². The average Bonchev–Trinajstić information content (AvgIpc) is 2.64. The molecule has 0 spiro atoms. The van der Waals surface area contributed by atoms with Crippen molar-refractivity contribution in [3.63, 3.8) is 0 Å². The zero-order valence-corrected chi connectivity index (χ0v) is 15.1. The molecule has 0 aliphatic rings. The Morgan fingerprint density at radius 3 is 2.48 bits per heavy atom. The van der Waals surface area contributed by atoms with E-state index in [1.807, 2.05) is 0 Å². The molecule has 29 heavy (non-hydrogen) atoms. The molecule has 0 saturated heterocycles. The van der Waals surface area contributed by atoms with Crippen molar-refractivity contribution in [1.82, 2.24) is 4.57 Å². The molecular formula is C18H14F2N4O5. The van der Waals surface area contributed by atoms with Crippen LogP contribution in [0.25, 0.3) is 16.6 Å². The Kier molecular flexibility index (Phi) is 4.66. The topological polar surface area (TPSA) is 140 Å². The Morgan fingerprint density at radius 1 is 1.28 bits per heavy atom. The number of benzene rings is 2. The van der Waals surface area contributed by atoms with Crippen molar-refractivity contribution in [1.29, 1.82) is 0 Å². The van der Waals surface area contributed by atoms with Gasteiger partial charge in [0.15, 0.2) is 0 Å². The van der Waals surface area contributed by atoms with Crippen LogP contribution in [0, 0.1) is 28.7 Å². The lowest BCUT2D eigenvalue weighted by Gasteiger charge is -2.18. The van der Waals surface area contributed by atoms with E-state index in [2.05, 4.69) is 5.32 Å². The summed E-state index contributed by atoms with van der Waals surface area (Å²) in [6, 6.07) is 2.39. The van der Waals surface area contributed by atoms with E-state index in [-0.39, 0.29) is 27.8 Å². The van der Waals surface area contributed by atoms with Gasteiger partial charge in [-0.3, -0.25) is 14.9 Å². The van der Waals surface area contributed by atoms with E-state index in [1.165, 1.54) is 14.0 Å². The van der Waals surface area contributed by atoms with Gasteiger partial charge in [0.05, 0.1) is 27.2 Å². The van der Waals surface area contributed by atoms with Crippen molar-refractivity contribution in [3.8, 4) is 5.69 Å². The summed E-state index contributed by atoms with van der Waals surface area (Å²) in [5.74, 6) is -3.70. The van der Waals surface area contributed by atoms with Crippen LogP contribution < -0.4 is 16.5 Å². The van der Waals surface area contributed by atoms with Crippen LogP contribution in [0.4, 0.5) is 25.8 Å². The zero-order chi connectivity index (χ0) is 21.6. The van der Waals surface area contributed by atoms with E-state index in [4.69, 9.17) is 5.73 Å². The molecule has 0 aliphatic carbocycles. The molecule has 1 aromatic heterocycles. The summed E-state index contributed by atoms with van der Waals surface area (Å²) in [7, 11) is 1.42. The average molecular weight is 404 g/mol. The lowest BCUT2D eigenvalue weighted by Crippen LogP contribution is -2.20. The Bertz CT molecular complexity index is 1270. The lowest BCUT2D eigenvalue weighted by atomic mass is 10.0. The molecule has 4 N–H and O–H groups in total. The van der Waals surface area contributed by atoms with Crippen molar-refractivity contribution >= 4 is 33.9 Å². The Hall–Kier alpha value is -4.02. The molecule has 150 valence electrons. The van der Waals surface area contributed by atoms with E-state index in [9.17, 15) is 33.6 Å². The molecule has 0 unspecified atom stereocenters. The van der Waals surface area contributed by atoms with Gasteiger partial charge in [-0.15, -0.1) is 0 Å². The number of halogens is 2. The second-order valence-corrected chi connectivity index (χ2v) is 6.17. The molecule has 0 saturated carbocycles. The van der Waals surface area contributed by atoms with E-state index in [0.717, 1.165) is 22.9 Å². The van der Waals surface area contributed by atoms with Crippen LogP contribution in [0.3, 0.4) is 0 Å². The number of nitrogens with two attached hydrogens (primary N) is 1. The molecule has 1 heterocycles. The smallest absolute Gasteiger partial charge is 0.341 e. The van der Waals surface area contributed by atoms with Crippen LogP contribution in [-0.2, 0) is 0 Å². The first-order chi connectivity index (χ1) is 13.6. The molecule has 9 nitrogen and oxygen atoms in total. The maximum absolute atomic E-state index is 14.5. The number of hydrogen-bond donors (Lipinski definition) is 3. The highest BCUT2D eigenvalue weighted by Gasteiger charge is 2.25. The molecule has 2 aromatic carbocycles. The van der Waals surface area contributed by atoms with Gasteiger partial charge in [-0.2, -0.15) is 0 Å². The van der Waals surface area contributed by atoms with Crippen molar-refractivity contribution < 1.29 is 23.6 Å². The van der Waals surface area contributed by atoms with Gasteiger partial charge >= 0.3 is 5.97 Å². The largest absolute Gasteiger partial charge is 0.477 e. The quantitative estimate of drug-likeness (QED) is 0.345. The Balaban J connectivity index is 2.62. The summed E-state index contributed by atoms with van der Waals surface area (Å²) in [5, 5.41) is 23.1. The number of aromatic carboxylic acids is 1. The molecule has 0 amide bonds. The standard InChI is InChI=1S/C18H14F2N4O5/c1-7-15(22-2)14(24(28)29)3-8-16(7)23(6-9(17(8)25)18(26)27)13-5-12(21)10(19)4-11(13)20/h3-6,22H,21H2,1-2H3,(H,26,27). The van der Waals surface area contributed by atoms with Crippen LogP contribution in [0.1, 0.15) is 15.9 Å². The number of nitro benzene ring substituents is 1. The molecule has 3 aromatic rings. The van der Waals surface area contributed by atoms with Gasteiger partial charge in [0.1, 0.15) is 22.9 Å². The highest BCUT2D eigenvalue weighted by Crippen LogP contribution is 2.35. The summed E-state index contributed by atoms with van der Waals surface area (Å²) in [5.41, 5.74) is 2.87. The van der Waals surface area contributed by atoms with E-state index in [1.54, 1.807) is 0 Å². The summed E-state index contributed by atoms with van der Waals surface area (Å²) in [6.45, 7) is 1.45. The number of aryl methyl sites for hydroxylation is 1. The lowest BCUT2D eigenvalue weighted by molar-refractivity contribution is -0.383. The van der Waals surface area contributed by atoms with E-state index >= 15 is 0 Å². The van der Waals surface area contributed by atoms with Gasteiger partial charge in [-0.1, -0.05) is 0 Å². The number of nitrogens with one attached hydrogen (secondary N) is 1. The fourth-order valence-corrected chi connectivity index (χ4v) is 3.21. The van der Waals surface area contributed by atoms with E-state index in [0.29, 0.717) is 6.07 Å². The third-order valence-corrected chi connectivity index (χ3v) is 4.51. The van der Waals surface area contributed by atoms with Gasteiger partial charge in [0, 0.05) is 30.9 Å². The summed E-state index contributed by atoms with van der Waals surface area (Å²) in [6.07, 6.45) is 0.876. The second kappa shape index (κ2) is 6.86. The molecule has 11 heteroatoms. The van der Waals surface area contributed by atoms with Gasteiger partial charge in [0.2, 0.25) is 5.43 Å². The van der Waals surface area contributed by atoms with Crippen molar-refractivity contribution in [2.45, 2.75) is 6.92 Å². The van der Waals surface area contributed by atoms with Crippen LogP contribution >= 0.6 is 0 Å². The first kappa shape index (κ1) is 19.7. The SMILES string of the molecule is CNc1c([N+](=O)[O-])cc2c(=O)c(C(=O)O)cn(-c3cc(N)c(F)cc3F)c2c1C. The fourth-order valence-electron chi connectivity index (χ4n) is 3.21. The minimum Gasteiger partial charge on any atom is -0.477 e. The van der Waals surface area contributed by atoms with Crippen LogP contribution in [0.15, 0.2) is 29.2 Å². The number of nitrogens with zero attached hydrogens (tertiary/aromatic N) is 2. The van der Waals surface area contributed by atoms with Gasteiger partial charge in [-0.25, -0.2) is 13.6 Å². The maximum Gasteiger partial charge on any atom is 0.341 e. The minimum atomic E-state index is -1.61. The number of carboxylic acid groups (broad SMARTS) is 1. The van der Waals surface area contributed by atoms with Crippen molar-refractivity contribution in [2.24, 2.45) is 0 Å². The number of fused-ring (bicyclic) bond motifs is 1. The summed E-state index contributed by atoms with van der Waals surface area (Å²) >= 11 is 0. The number of carboxylic acids is 1. The minimum absolute atomic E-state index is 0.0138. The molecule has 0 radical (unpaired) electrons. The molecule has 0 fully saturated rings. The summed E-state index contributed by atoms with van der Waals surface area (Å²) in [4.78, 5) is 34.9. The third kappa shape index (κ3) is 3.02. The number of hydrogen-bond acceptors (Lipinski definition) is 6. The highest BCUT2D eigenvalue weighted by atomic mass is 19.1. The second-order valence-electron chi connectivity index (χ2n) is 6.17. The monoisotopic (exact) mass is 404 g/mol. The Morgan fingerprint density at radius 2 is 1.93 bits per heavy atom. The molecule has 0 bridgehead atoms. The zero-order valence-electron chi connectivity index (χ0n) is 15.1. The first-order valence-corrected chi connectivity index (χ1v) is 8.11. The van der Waals surface area contributed by atoms with Crippen molar-refractivity contribution in [2.75, 3.05) is 18.1 Å². The van der Waals surface area contributed by atoms with Crippen LogP contribution in [0.2, 0.25) is 0 Å². The van der Waals surface area contributed by atoms with Gasteiger partial charge in [0.25, 0.3) is 5.69 Å².